The lowest BCUT2D eigenvalue weighted by Crippen LogP contribution is -2.29. The van der Waals surface area contributed by atoms with Crippen molar-refractivity contribution in [3.63, 3.8) is 0 Å². The molecule has 0 radical (unpaired) electrons. The van der Waals surface area contributed by atoms with E-state index >= 15 is 0 Å². The number of hydrogen-bond acceptors (Lipinski definition) is 3. The van der Waals surface area contributed by atoms with E-state index in [0.717, 1.165) is 11.3 Å². The van der Waals surface area contributed by atoms with Crippen molar-refractivity contribution in [2.24, 2.45) is 0 Å². The maximum atomic E-state index is 12.2. The van der Waals surface area contributed by atoms with Crippen molar-refractivity contribution in [1.29, 1.82) is 0 Å². The van der Waals surface area contributed by atoms with E-state index in [2.05, 4.69) is 9.97 Å². The Bertz CT molecular complexity index is 632. The molecule has 1 N–H and O–H groups in total. The van der Waals surface area contributed by atoms with Crippen LogP contribution < -0.4 is 0 Å². The predicted molar refractivity (Wildman–Crippen MR) is 64.0 cm³/mol. The summed E-state index contributed by atoms with van der Waals surface area (Å²) >= 11 is 0. The Hall–Kier alpha value is -2.43. The van der Waals surface area contributed by atoms with Crippen LogP contribution in [0.15, 0.2) is 30.7 Å². The van der Waals surface area contributed by atoms with E-state index in [1.54, 1.807) is 18.3 Å². The fourth-order valence-corrected chi connectivity index (χ4v) is 2.09. The molecule has 0 saturated carbocycles. The van der Waals surface area contributed by atoms with Gasteiger partial charge in [0.25, 0.3) is 11.8 Å². The second-order valence-corrected chi connectivity index (χ2v) is 4.32. The molecule has 18 heavy (non-hydrogen) atoms. The minimum absolute atomic E-state index is 0.228. The Balaban J connectivity index is 1.97. The molecule has 2 aromatic rings. The van der Waals surface area contributed by atoms with Gasteiger partial charge in [0.2, 0.25) is 0 Å². The summed E-state index contributed by atoms with van der Waals surface area (Å²) in [6.45, 7) is 2.13. The first kappa shape index (κ1) is 10.7. The van der Waals surface area contributed by atoms with Crippen molar-refractivity contribution in [3.8, 4) is 0 Å². The topological polar surface area (TPSA) is 66.1 Å². The summed E-state index contributed by atoms with van der Waals surface area (Å²) in [6.07, 6.45) is 3.13. The molecule has 0 spiro atoms. The number of aromatic amines is 1. The number of aryl methyl sites for hydroxylation is 1. The van der Waals surface area contributed by atoms with Crippen LogP contribution in [0.5, 0.6) is 0 Å². The predicted octanol–water partition coefficient (Wildman–Crippen LogP) is 1.51. The molecule has 5 nitrogen and oxygen atoms in total. The average Bonchev–Trinajstić information content (AvgIpc) is 2.93. The molecule has 0 atom stereocenters. The molecule has 1 aromatic heterocycles. The molecule has 2 amide bonds. The van der Waals surface area contributed by atoms with Gasteiger partial charge in [-0.3, -0.25) is 14.5 Å². The van der Waals surface area contributed by atoms with E-state index in [9.17, 15) is 9.59 Å². The lowest BCUT2D eigenvalue weighted by molar-refractivity contribution is 0.0640. The molecule has 2 heterocycles. The molecule has 0 aliphatic carbocycles. The maximum absolute atomic E-state index is 12.2. The number of nitrogens with one attached hydrogen (secondary N) is 1. The second kappa shape index (κ2) is 3.80. The Morgan fingerprint density at radius 1 is 1.22 bits per heavy atom. The van der Waals surface area contributed by atoms with Gasteiger partial charge in [-0.2, -0.15) is 0 Å². The Morgan fingerprint density at radius 2 is 2.00 bits per heavy atom. The van der Waals surface area contributed by atoms with Crippen LogP contribution in [0.4, 0.5) is 0 Å². The number of carbonyl (C=O) groups excluding carboxylic acids is 2. The number of rotatable bonds is 2. The molecule has 1 aliphatic heterocycles. The molecular weight excluding hydrogens is 230 g/mol. The smallest absolute Gasteiger partial charge is 0.261 e. The number of benzene rings is 1. The highest BCUT2D eigenvalue weighted by atomic mass is 16.2. The van der Waals surface area contributed by atoms with Gasteiger partial charge in [-0.25, -0.2) is 4.98 Å². The van der Waals surface area contributed by atoms with Crippen molar-refractivity contribution in [1.82, 2.24) is 14.9 Å². The normalized spacial score (nSPS) is 14.2. The van der Waals surface area contributed by atoms with Crippen LogP contribution in [0.3, 0.4) is 0 Å². The average molecular weight is 241 g/mol. The lowest BCUT2D eigenvalue weighted by Gasteiger charge is -2.11. The van der Waals surface area contributed by atoms with Crippen molar-refractivity contribution in [2.75, 3.05) is 0 Å². The highest BCUT2D eigenvalue weighted by Gasteiger charge is 2.35. The van der Waals surface area contributed by atoms with Gasteiger partial charge in [0.15, 0.2) is 0 Å². The van der Waals surface area contributed by atoms with Crippen molar-refractivity contribution in [3.05, 3.63) is 53.1 Å². The minimum Gasteiger partial charge on any atom is -0.347 e. The van der Waals surface area contributed by atoms with Gasteiger partial charge < -0.3 is 4.98 Å². The second-order valence-electron chi connectivity index (χ2n) is 4.32. The van der Waals surface area contributed by atoms with Gasteiger partial charge in [-0.1, -0.05) is 11.6 Å². The summed E-state index contributed by atoms with van der Waals surface area (Å²) in [7, 11) is 0. The van der Waals surface area contributed by atoms with Gasteiger partial charge in [-0.15, -0.1) is 0 Å². The first-order chi connectivity index (χ1) is 8.66. The first-order valence-electron chi connectivity index (χ1n) is 5.61. The van der Waals surface area contributed by atoms with E-state index in [1.807, 2.05) is 13.0 Å². The first-order valence-corrected chi connectivity index (χ1v) is 5.61. The Morgan fingerprint density at radius 3 is 2.72 bits per heavy atom. The molecule has 5 heteroatoms. The number of H-pyrrole nitrogens is 1. The maximum Gasteiger partial charge on any atom is 0.261 e. The summed E-state index contributed by atoms with van der Waals surface area (Å²) < 4.78 is 0. The number of hydrogen-bond donors (Lipinski definition) is 1. The van der Waals surface area contributed by atoms with E-state index in [1.165, 1.54) is 11.2 Å². The summed E-state index contributed by atoms with van der Waals surface area (Å²) in [5.41, 5.74) is 2.67. The minimum atomic E-state index is -0.246. The fraction of sp³-hybridized carbons (Fsp3) is 0.154. The molecule has 1 aromatic carbocycles. The Labute approximate surface area is 103 Å². The monoisotopic (exact) mass is 241 g/mol. The number of imidazole rings is 1. The van der Waals surface area contributed by atoms with Gasteiger partial charge in [0.05, 0.1) is 29.7 Å². The van der Waals surface area contributed by atoms with Gasteiger partial charge >= 0.3 is 0 Å². The number of carbonyl (C=O) groups is 2. The van der Waals surface area contributed by atoms with Crippen molar-refractivity contribution in [2.45, 2.75) is 13.5 Å². The largest absolute Gasteiger partial charge is 0.347 e. The number of fused-ring (bicyclic) bond motifs is 1. The van der Waals surface area contributed by atoms with Crippen LogP contribution in [0, 0.1) is 6.92 Å². The molecule has 0 unspecified atom stereocenters. The summed E-state index contributed by atoms with van der Waals surface area (Å²) in [5.74, 6) is -0.488. The number of amides is 2. The summed E-state index contributed by atoms with van der Waals surface area (Å²) in [5, 5.41) is 0. The third kappa shape index (κ3) is 1.52. The molecule has 90 valence electrons. The molecule has 0 fully saturated rings. The van der Waals surface area contributed by atoms with Gasteiger partial charge in [0, 0.05) is 6.20 Å². The highest BCUT2D eigenvalue weighted by Crippen LogP contribution is 2.24. The third-order valence-electron chi connectivity index (χ3n) is 3.01. The number of imide groups is 1. The zero-order valence-corrected chi connectivity index (χ0v) is 9.80. The Kier molecular flexibility index (Phi) is 2.26. The number of aromatic nitrogens is 2. The molecule has 1 aliphatic rings. The van der Waals surface area contributed by atoms with Crippen molar-refractivity contribution >= 4 is 11.8 Å². The van der Waals surface area contributed by atoms with E-state index < -0.39 is 0 Å². The van der Waals surface area contributed by atoms with Crippen LogP contribution in [0.1, 0.15) is 32.0 Å². The van der Waals surface area contributed by atoms with Crippen LogP contribution >= 0.6 is 0 Å². The number of nitrogens with zero attached hydrogens (tertiary/aromatic N) is 2. The molecule has 0 saturated heterocycles. The van der Waals surface area contributed by atoms with E-state index in [-0.39, 0.29) is 18.4 Å². The molecule has 0 bridgehead atoms. The third-order valence-corrected chi connectivity index (χ3v) is 3.01. The molecule has 3 rings (SSSR count). The van der Waals surface area contributed by atoms with E-state index in [0.29, 0.717) is 11.1 Å². The summed E-state index contributed by atoms with van der Waals surface area (Å²) in [4.78, 5) is 32.3. The van der Waals surface area contributed by atoms with Crippen LogP contribution in [-0.4, -0.2) is 26.7 Å². The van der Waals surface area contributed by atoms with Gasteiger partial charge in [-0.05, 0) is 19.1 Å². The molecular formula is C13H11N3O2. The van der Waals surface area contributed by atoms with Crippen LogP contribution in [0.25, 0.3) is 0 Å². The van der Waals surface area contributed by atoms with E-state index in [4.69, 9.17) is 0 Å². The highest BCUT2D eigenvalue weighted by molar-refractivity contribution is 6.21. The zero-order valence-electron chi connectivity index (χ0n) is 9.80. The fourth-order valence-electron chi connectivity index (χ4n) is 2.09. The zero-order chi connectivity index (χ0) is 12.7. The standard InChI is InChI=1S/C13H11N3O2/c1-8-2-3-10-11(4-8)13(18)16(12(10)17)6-9-5-14-7-15-9/h2-5,7H,6H2,1H3,(H,14,15). The van der Waals surface area contributed by atoms with Crippen molar-refractivity contribution < 1.29 is 9.59 Å². The van der Waals surface area contributed by atoms with Crippen LogP contribution in [-0.2, 0) is 6.54 Å². The lowest BCUT2D eigenvalue weighted by atomic mass is 10.1. The summed E-state index contributed by atoms with van der Waals surface area (Å²) in [6, 6.07) is 5.30. The SMILES string of the molecule is Cc1ccc2c(c1)C(=O)N(Cc1cnc[nH]1)C2=O. The quantitative estimate of drug-likeness (QED) is 0.810. The van der Waals surface area contributed by atoms with Crippen LogP contribution in [0.2, 0.25) is 0 Å². The van der Waals surface area contributed by atoms with Gasteiger partial charge in [0.1, 0.15) is 0 Å².